The number of carbonyl (C=O) groups is 1. The van der Waals surface area contributed by atoms with Gasteiger partial charge in [-0.1, -0.05) is 78.9 Å². The number of amides is 1. The molecular weight excluding hydrogens is 665 g/mol. The Morgan fingerprint density at radius 1 is 0.900 bits per heavy atom. The van der Waals surface area contributed by atoms with Crippen LogP contribution in [0.3, 0.4) is 0 Å². The first-order valence-electron chi connectivity index (χ1n) is 17.3. The van der Waals surface area contributed by atoms with Crippen LogP contribution in [0.25, 0.3) is 33.2 Å². The van der Waals surface area contributed by atoms with Crippen molar-refractivity contribution in [3.63, 3.8) is 0 Å². The fourth-order valence-corrected chi connectivity index (χ4v) is 9.38. The third-order valence-corrected chi connectivity index (χ3v) is 12.6. The summed E-state index contributed by atoms with van der Waals surface area (Å²) in [4.78, 5) is 18.9. The highest BCUT2D eigenvalue weighted by Crippen LogP contribution is 2.42. The monoisotopic (exact) mass is 706 g/mol. The molecule has 1 fully saturated rings. The number of hydroxylamine groups is 1. The van der Waals surface area contributed by atoms with Crippen LogP contribution in [0.15, 0.2) is 96.4 Å². The molecule has 2 atom stereocenters. The normalized spacial score (nSPS) is 20.0. The molecule has 3 aromatic carbocycles. The second-order valence-electron chi connectivity index (χ2n) is 13.1. The first kappa shape index (κ1) is 34.3. The average Bonchev–Trinajstić information content (AvgIpc) is 3.64. The van der Waals surface area contributed by atoms with E-state index < -0.39 is 21.0 Å². The van der Waals surface area contributed by atoms with Crippen LogP contribution in [0, 0.1) is 0 Å². The van der Waals surface area contributed by atoms with Crippen LogP contribution in [0.1, 0.15) is 64.8 Å². The topological polar surface area (TPSA) is 108 Å². The van der Waals surface area contributed by atoms with Gasteiger partial charge in [-0.05, 0) is 107 Å². The van der Waals surface area contributed by atoms with Crippen molar-refractivity contribution < 1.29 is 22.8 Å². The smallest absolute Gasteiger partial charge is 0.219 e. The second kappa shape index (κ2) is 15.4. The molecule has 2 unspecified atom stereocenters. The van der Waals surface area contributed by atoms with Crippen molar-refractivity contribution in [3.8, 4) is 21.6 Å². The van der Waals surface area contributed by atoms with E-state index in [1.165, 1.54) is 67.3 Å². The van der Waals surface area contributed by atoms with Crippen LogP contribution in [0.5, 0.6) is 0 Å². The van der Waals surface area contributed by atoms with Crippen LogP contribution in [-0.4, -0.2) is 32.5 Å². The third-order valence-electron chi connectivity index (χ3n) is 9.69. The number of hydrogen-bond donors (Lipinski definition) is 2. The van der Waals surface area contributed by atoms with Gasteiger partial charge in [0.15, 0.2) is 16.1 Å². The third kappa shape index (κ3) is 7.93. The Morgan fingerprint density at radius 2 is 1.76 bits per heavy atom. The summed E-state index contributed by atoms with van der Waals surface area (Å²) in [5.41, 5.74) is 20.9. The number of carbonyl (C=O) groups excluding carboxylic acids is 1. The lowest BCUT2D eigenvalue weighted by Gasteiger charge is -2.26. The van der Waals surface area contributed by atoms with Crippen LogP contribution >= 0.6 is 11.3 Å². The Bertz CT molecular complexity index is 2070. The van der Waals surface area contributed by atoms with Crippen LogP contribution in [0.4, 0.5) is 0 Å². The Labute approximate surface area is 298 Å². The van der Waals surface area contributed by atoms with E-state index in [0.717, 1.165) is 50.5 Å². The molecule has 0 saturated carbocycles. The zero-order chi connectivity index (χ0) is 34.5. The number of ether oxygens (including phenoxy) is 1. The molecule has 3 heterocycles. The Morgan fingerprint density at radius 3 is 2.60 bits per heavy atom. The van der Waals surface area contributed by atoms with Crippen molar-refractivity contribution in [2.75, 3.05) is 6.61 Å². The number of primary amides is 1. The van der Waals surface area contributed by atoms with Gasteiger partial charge in [0.25, 0.3) is 0 Å². The van der Waals surface area contributed by atoms with Crippen molar-refractivity contribution >= 4 is 38.7 Å². The number of sulfone groups is 1. The van der Waals surface area contributed by atoms with Gasteiger partial charge >= 0.3 is 0 Å². The molecule has 1 saturated heterocycles. The first-order chi connectivity index (χ1) is 24.3. The molecule has 1 amide bonds. The Hall–Kier alpha value is -4.12. The van der Waals surface area contributed by atoms with E-state index in [-0.39, 0.29) is 12.7 Å². The van der Waals surface area contributed by atoms with E-state index in [9.17, 15) is 13.2 Å². The maximum Gasteiger partial charge on any atom is 0.219 e. The minimum absolute atomic E-state index is 0.123. The lowest BCUT2D eigenvalue weighted by atomic mass is 9.78. The molecule has 8 rings (SSSR count). The molecule has 258 valence electrons. The summed E-state index contributed by atoms with van der Waals surface area (Å²) in [6, 6.07) is 27.0. The van der Waals surface area contributed by atoms with Gasteiger partial charge in [0, 0.05) is 41.2 Å². The molecule has 1 aromatic heterocycles. The molecule has 2 aliphatic heterocycles. The number of benzene rings is 3. The molecule has 7 nitrogen and oxygen atoms in total. The predicted octanol–water partition coefficient (Wildman–Crippen LogP) is 7.94. The zero-order valence-electron chi connectivity index (χ0n) is 28.0. The standard InChI is InChI=1S/C34H33NO2S.C7H9NO3S/c1-2-9-28-24(7-1)11-15-31-29-14-13-27(21-25(29)12-16-30(28)31)33-18-17-32(38-33)26-8-5-6-23(20-26)22-35-37-34-10-3-4-19-36-34;8-7(9)5-6-3-1-2-4-12(6,10)11/h1-2,5-9,12,16-18,20-21,34-35H,3-4,10-11,13-15,19,22H2;1-4,6H,5H2,(H2,8,9). The van der Waals surface area contributed by atoms with Gasteiger partial charge in [0.1, 0.15) is 0 Å². The molecule has 0 bridgehead atoms. The molecule has 0 spiro atoms. The SMILES string of the molecule is C1=C(c2ccc(-c3cccc(CNOC4CCCCO4)c3)s2)CCc2c1ccc1c2CCc2ccccc2-1.NC(=O)CC1C=CC=CS1(=O)=O. The van der Waals surface area contributed by atoms with Crippen molar-refractivity contribution in [2.24, 2.45) is 5.73 Å². The second-order valence-corrected chi connectivity index (χ2v) is 16.2. The van der Waals surface area contributed by atoms with Crippen molar-refractivity contribution in [1.29, 1.82) is 0 Å². The summed E-state index contributed by atoms with van der Waals surface area (Å²) in [7, 11) is -3.29. The number of aryl methyl sites for hydroxylation is 1. The Balaban J connectivity index is 0.000000279. The summed E-state index contributed by atoms with van der Waals surface area (Å²) in [5.74, 6) is -0.608. The summed E-state index contributed by atoms with van der Waals surface area (Å²) >= 11 is 1.90. The van der Waals surface area contributed by atoms with Gasteiger partial charge in [0.05, 0.1) is 5.25 Å². The fraction of sp³-hybridized carbons (Fsp3) is 0.293. The molecule has 4 aliphatic rings. The summed E-state index contributed by atoms with van der Waals surface area (Å²) in [6.45, 7) is 1.46. The van der Waals surface area contributed by atoms with Gasteiger partial charge < -0.3 is 10.5 Å². The summed E-state index contributed by atoms with van der Waals surface area (Å²) in [6.07, 6.45) is 14.5. The molecule has 3 N–H and O–H groups in total. The highest BCUT2D eigenvalue weighted by Gasteiger charge is 2.24. The zero-order valence-corrected chi connectivity index (χ0v) is 29.6. The fourth-order valence-electron chi connectivity index (χ4n) is 7.11. The number of thiophene rings is 1. The average molecular weight is 707 g/mol. The van der Waals surface area contributed by atoms with Crippen LogP contribution in [-0.2, 0) is 50.0 Å². The molecule has 2 aliphatic carbocycles. The van der Waals surface area contributed by atoms with Gasteiger partial charge in [-0.15, -0.1) is 11.3 Å². The van der Waals surface area contributed by atoms with E-state index in [1.807, 2.05) is 11.3 Å². The van der Waals surface area contributed by atoms with E-state index in [4.69, 9.17) is 15.3 Å². The number of hydrogen-bond acceptors (Lipinski definition) is 7. The lowest BCUT2D eigenvalue weighted by Crippen LogP contribution is -2.29. The van der Waals surface area contributed by atoms with E-state index >= 15 is 0 Å². The first-order valence-corrected chi connectivity index (χ1v) is 19.8. The lowest BCUT2D eigenvalue weighted by molar-refractivity contribution is -0.198. The van der Waals surface area contributed by atoms with E-state index in [1.54, 1.807) is 17.2 Å². The number of fused-ring (bicyclic) bond motifs is 5. The minimum Gasteiger partial charge on any atom is -0.370 e. The van der Waals surface area contributed by atoms with Crippen LogP contribution < -0.4 is 11.2 Å². The number of allylic oxidation sites excluding steroid dienone is 3. The number of nitrogens with one attached hydrogen (secondary N) is 1. The molecule has 4 aromatic rings. The van der Waals surface area contributed by atoms with Crippen LogP contribution in [0.2, 0.25) is 0 Å². The van der Waals surface area contributed by atoms with Gasteiger partial charge in [-0.25, -0.2) is 8.42 Å². The highest BCUT2D eigenvalue weighted by atomic mass is 32.2. The molecule has 50 heavy (non-hydrogen) atoms. The summed E-state index contributed by atoms with van der Waals surface area (Å²) in [5, 5.41) is 0.306. The molecular formula is C41H42N2O5S2. The predicted molar refractivity (Wildman–Crippen MR) is 202 cm³/mol. The molecule has 0 radical (unpaired) electrons. The largest absolute Gasteiger partial charge is 0.370 e. The quantitative estimate of drug-likeness (QED) is 0.180. The molecule has 9 heteroatoms. The maximum atomic E-state index is 11.2. The minimum atomic E-state index is -3.29. The van der Waals surface area contributed by atoms with Gasteiger partial charge in [-0.2, -0.15) is 5.48 Å². The maximum absolute atomic E-state index is 11.2. The van der Waals surface area contributed by atoms with Gasteiger partial charge in [0.2, 0.25) is 5.91 Å². The highest BCUT2D eigenvalue weighted by molar-refractivity contribution is 7.95. The van der Waals surface area contributed by atoms with Crippen molar-refractivity contribution in [1.82, 2.24) is 5.48 Å². The van der Waals surface area contributed by atoms with Crippen molar-refractivity contribution in [2.45, 2.75) is 69.5 Å². The van der Waals surface area contributed by atoms with E-state index in [2.05, 4.69) is 84.4 Å². The van der Waals surface area contributed by atoms with E-state index in [0.29, 0.717) is 6.54 Å². The van der Waals surface area contributed by atoms with Gasteiger partial charge in [-0.3, -0.25) is 9.63 Å². The number of rotatable bonds is 8. The Kier molecular flexibility index (Phi) is 10.6. The number of nitrogens with two attached hydrogens (primary N) is 1. The van der Waals surface area contributed by atoms with Crippen molar-refractivity contribution in [3.05, 3.63) is 129 Å². The summed E-state index contributed by atoms with van der Waals surface area (Å²) < 4.78 is 28.0.